The summed E-state index contributed by atoms with van der Waals surface area (Å²) in [4.78, 5) is 24.6. The van der Waals surface area contributed by atoms with Crippen LogP contribution in [0.4, 0.5) is 10.2 Å². The molecule has 5 rings (SSSR count). The van der Waals surface area contributed by atoms with Crippen LogP contribution in [0.5, 0.6) is 0 Å². The van der Waals surface area contributed by atoms with Crippen LogP contribution in [0.25, 0.3) is 11.1 Å². The molecule has 1 aliphatic heterocycles. The number of primary amides is 1. The Bertz CT molecular complexity index is 1460. The number of carbonyl (C=O) groups excluding carboxylic acids is 2. The summed E-state index contributed by atoms with van der Waals surface area (Å²) < 4.78 is 17.0. The molecule has 1 saturated carbocycles. The van der Waals surface area contributed by atoms with Gasteiger partial charge in [0.1, 0.15) is 17.3 Å². The third-order valence-corrected chi connectivity index (χ3v) is 7.27. The summed E-state index contributed by atoms with van der Waals surface area (Å²) in [5, 5.41) is 23.9. The van der Waals surface area contributed by atoms with E-state index in [2.05, 4.69) is 60.0 Å². The van der Waals surface area contributed by atoms with Crippen molar-refractivity contribution in [3.05, 3.63) is 97.2 Å². The number of nitrogens with two attached hydrogens (primary N) is 1. The SMILES string of the molecule is C=CC=C.N#CC1CC1.N#CCC1(n2cc(C(N)=O)c(NC=O)n2)CCN(Cc2ccc(-c3ccccc3)cc2)CC1F. The van der Waals surface area contributed by atoms with Crippen LogP contribution in [0, 0.1) is 28.6 Å². The highest BCUT2D eigenvalue weighted by atomic mass is 19.1. The number of alkyl halides is 1. The van der Waals surface area contributed by atoms with Gasteiger partial charge in [0.2, 0.25) is 6.41 Å². The van der Waals surface area contributed by atoms with Crippen LogP contribution in [0.3, 0.4) is 0 Å². The molecule has 0 bridgehead atoms. The Labute approximate surface area is 251 Å². The van der Waals surface area contributed by atoms with Crippen LogP contribution >= 0.6 is 0 Å². The van der Waals surface area contributed by atoms with Crippen molar-refractivity contribution in [1.29, 1.82) is 10.5 Å². The van der Waals surface area contributed by atoms with Crippen LogP contribution in [-0.2, 0) is 16.9 Å². The van der Waals surface area contributed by atoms with E-state index in [1.807, 2.05) is 35.2 Å². The molecule has 2 fully saturated rings. The highest BCUT2D eigenvalue weighted by Crippen LogP contribution is 2.37. The summed E-state index contributed by atoms with van der Waals surface area (Å²) in [7, 11) is 0. The molecule has 0 radical (unpaired) electrons. The third kappa shape index (κ3) is 8.71. The molecule has 222 valence electrons. The lowest BCUT2D eigenvalue weighted by Gasteiger charge is -2.43. The Kier molecular flexibility index (Phi) is 11.9. The number of likely N-dealkylation sites (tertiary alicyclic amines) is 1. The first kappa shape index (κ1) is 32.5. The van der Waals surface area contributed by atoms with Gasteiger partial charge in [0.05, 0.1) is 18.6 Å². The van der Waals surface area contributed by atoms with Gasteiger partial charge in [-0.2, -0.15) is 15.6 Å². The molecule has 3 N–H and O–H groups in total. The van der Waals surface area contributed by atoms with Gasteiger partial charge in [-0.3, -0.25) is 19.2 Å². The van der Waals surface area contributed by atoms with Crippen LogP contribution in [0.2, 0.25) is 0 Å². The fourth-order valence-electron chi connectivity index (χ4n) is 4.66. The van der Waals surface area contributed by atoms with Gasteiger partial charge in [-0.15, -0.1) is 0 Å². The maximum absolute atomic E-state index is 15.7. The lowest BCUT2D eigenvalue weighted by Crippen LogP contribution is -2.54. The molecule has 1 aliphatic carbocycles. The van der Waals surface area contributed by atoms with E-state index in [4.69, 9.17) is 11.0 Å². The maximum atomic E-state index is 15.7. The fourth-order valence-corrected chi connectivity index (χ4v) is 4.66. The predicted molar refractivity (Wildman–Crippen MR) is 164 cm³/mol. The quantitative estimate of drug-likeness (QED) is 0.258. The van der Waals surface area contributed by atoms with E-state index in [0.717, 1.165) is 29.5 Å². The molecule has 1 saturated heterocycles. The van der Waals surface area contributed by atoms with Crippen LogP contribution < -0.4 is 11.1 Å². The Morgan fingerprint density at radius 2 is 1.77 bits per heavy atom. The average molecular weight is 582 g/mol. The summed E-state index contributed by atoms with van der Waals surface area (Å²) in [6.45, 7) is 7.93. The smallest absolute Gasteiger partial charge is 0.254 e. The number of halogens is 1. The number of nitriles is 2. The second-order valence-electron chi connectivity index (χ2n) is 10.3. The summed E-state index contributed by atoms with van der Waals surface area (Å²) >= 11 is 0. The topological polar surface area (TPSA) is 141 Å². The number of allylic oxidation sites excluding steroid dienone is 2. The van der Waals surface area contributed by atoms with Gasteiger partial charge in [-0.25, -0.2) is 4.39 Å². The standard InChI is InChI=1S/C25H25FN6O2.C4H5N.C4H6/c26-22-16-31(14-18-6-8-20(9-7-18)19-4-2-1-3-5-19)13-11-25(22,10-12-27)32-15-21(23(28)34)24(30-32)29-17-33;5-3-4-1-2-4;1-3-4-2/h1-9,15,17,22H,10-11,13-14,16H2,(H2,28,34)(H,29,30,33);4H,1-2H2;3-4H,1-2H2. The van der Waals surface area contributed by atoms with Crippen LogP contribution in [-0.4, -0.2) is 46.3 Å². The number of benzene rings is 2. The highest BCUT2D eigenvalue weighted by molar-refractivity contribution is 5.99. The van der Waals surface area contributed by atoms with Crippen molar-refractivity contribution in [1.82, 2.24) is 14.7 Å². The molecule has 2 aliphatic rings. The minimum Gasteiger partial charge on any atom is -0.365 e. The Morgan fingerprint density at radius 3 is 2.26 bits per heavy atom. The number of aromatic nitrogens is 2. The fraction of sp³-hybridized carbons (Fsp3) is 0.303. The van der Waals surface area contributed by atoms with E-state index >= 15 is 4.39 Å². The summed E-state index contributed by atoms with van der Waals surface area (Å²) in [6, 6.07) is 22.5. The molecule has 10 heteroatoms. The number of hydrogen-bond acceptors (Lipinski definition) is 6. The second kappa shape index (κ2) is 15.8. The molecule has 43 heavy (non-hydrogen) atoms. The van der Waals surface area contributed by atoms with Crippen molar-refractivity contribution in [3.8, 4) is 23.3 Å². The zero-order valence-electron chi connectivity index (χ0n) is 24.0. The molecular formula is C33H36FN7O2. The Balaban J connectivity index is 0.000000486. The summed E-state index contributed by atoms with van der Waals surface area (Å²) in [5.74, 6) is -0.405. The van der Waals surface area contributed by atoms with Crippen molar-refractivity contribution in [2.45, 2.75) is 43.9 Å². The van der Waals surface area contributed by atoms with E-state index in [9.17, 15) is 14.9 Å². The minimum absolute atomic E-state index is 0.0300. The Hall–Kier alpha value is -5.06. The number of amides is 2. The highest BCUT2D eigenvalue weighted by Gasteiger charge is 2.46. The van der Waals surface area contributed by atoms with E-state index in [-0.39, 0.29) is 24.3 Å². The van der Waals surface area contributed by atoms with E-state index in [1.165, 1.54) is 10.9 Å². The van der Waals surface area contributed by atoms with Gasteiger partial charge in [-0.1, -0.05) is 79.9 Å². The molecule has 2 aromatic carbocycles. The van der Waals surface area contributed by atoms with Crippen LogP contribution in [0.15, 0.2) is 86.1 Å². The average Bonchev–Trinajstić information content (AvgIpc) is 3.78. The zero-order chi connectivity index (χ0) is 31.2. The van der Waals surface area contributed by atoms with Gasteiger partial charge in [-0.05, 0) is 36.0 Å². The molecule has 2 atom stereocenters. The van der Waals surface area contributed by atoms with E-state index < -0.39 is 17.6 Å². The number of anilines is 1. The van der Waals surface area contributed by atoms with Crippen LogP contribution in [0.1, 0.15) is 41.6 Å². The largest absolute Gasteiger partial charge is 0.365 e. The molecule has 2 amide bonds. The molecular weight excluding hydrogens is 545 g/mol. The monoisotopic (exact) mass is 581 g/mol. The summed E-state index contributed by atoms with van der Waals surface area (Å²) in [5.41, 5.74) is 7.41. The first-order chi connectivity index (χ1) is 20.8. The minimum atomic E-state index is -1.42. The Morgan fingerprint density at radius 1 is 1.12 bits per heavy atom. The maximum Gasteiger partial charge on any atom is 0.254 e. The van der Waals surface area contributed by atoms with Crippen molar-refractivity contribution < 1.29 is 14.0 Å². The predicted octanol–water partition coefficient (Wildman–Crippen LogP) is 5.35. The number of hydrogen-bond donors (Lipinski definition) is 2. The normalized spacial score (nSPS) is 19.1. The van der Waals surface area contributed by atoms with Gasteiger partial charge >= 0.3 is 0 Å². The van der Waals surface area contributed by atoms with Gasteiger partial charge in [0.25, 0.3) is 5.91 Å². The van der Waals surface area contributed by atoms with Crippen molar-refractivity contribution in [2.24, 2.45) is 11.7 Å². The van der Waals surface area contributed by atoms with Gasteiger partial charge in [0, 0.05) is 31.7 Å². The third-order valence-electron chi connectivity index (χ3n) is 7.27. The lowest BCUT2D eigenvalue weighted by atomic mass is 9.83. The number of nitrogens with one attached hydrogen (secondary N) is 1. The van der Waals surface area contributed by atoms with Crippen molar-refractivity contribution in [3.63, 3.8) is 0 Å². The number of nitrogens with zero attached hydrogens (tertiary/aromatic N) is 5. The molecule has 3 aromatic rings. The first-order valence-corrected chi connectivity index (χ1v) is 13.9. The molecule has 9 nitrogen and oxygen atoms in total. The molecule has 1 aromatic heterocycles. The zero-order valence-corrected chi connectivity index (χ0v) is 24.0. The molecule has 0 spiro atoms. The number of carbonyl (C=O) groups is 2. The lowest BCUT2D eigenvalue weighted by molar-refractivity contribution is -0.105. The first-order valence-electron chi connectivity index (χ1n) is 13.9. The second-order valence-corrected chi connectivity index (χ2v) is 10.3. The number of piperidine rings is 1. The van der Waals surface area contributed by atoms with Crippen molar-refractivity contribution >= 4 is 18.1 Å². The van der Waals surface area contributed by atoms with Gasteiger partial charge in [0.15, 0.2) is 5.82 Å². The molecule has 2 unspecified atom stereocenters. The summed E-state index contributed by atoms with van der Waals surface area (Å²) in [6.07, 6.45) is 6.02. The van der Waals surface area contributed by atoms with Gasteiger partial charge < -0.3 is 11.1 Å². The molecule has 2 heterocycles. The van der Waals surface area contributed by atoms with E-state index in [0.29, 0.717) is 31.8 Å². The number of rotatable bonds is 9. The van der Waals surface area contributed by atoms with E-state index in [1.54, 1.807) is 12.2 Å². The van der Waals surface area contributed by atoms with Crippen molar-refractivity contribution in [2.75, 3.05) is 18.4 Å².